The van der Waals surface area contributed by atoms with Gasteiger partial charge in [-0.15, -0.1) is 6.58 Å². The fourth-order valence-electron chi connectivity index (χ4n) is 0.532. The lowest BCUT2D eigenvalue weighted by Gasteiger charge is -1.95. The van der Waals surface area contributed by atoms with Crippen molar-refractivity contribution in [2.75, 3.05) is 0 Å². The van der Waals surface area contributed by atoms with Gasteiger partial charge in [-0.05, 0) is 6.42 Å². The Morgan fingerprint density at radius 3 is 2.42 bits per heavy atom. The van der Waals surface area contributed by atoms with Crippen molar-refractivity contribution in [2.45, 2.75) is 6.42 Å². The number of hydrogen-bond acceptors (Lipinski definition) is 4. The molecule has 0 aliphatic carbocycles. The third-order valence-electron chi connectivity index (χ3n) is 1.02. The second-order valence-electron chi connectivity index (χ2n) is 1.88. The molecule has 0 aliphatic rings. The van der Waals surface area contributed by atoms with Gasteiger partial charge in [-0.1, -0.05) is 6.08 Å². The average molecular weight is 172 g/mol. The molecule has 0 aromatic carbocycles. The maximum absolute atomic E-state index is 10.4. The molecule has 0 unspecified atom stereocenters. The first-order valence-electron chi connectivity index (χ1n) is 3.02. The third-order valence-corrected chi connectivity index (χ3v) is 1.02. The van der Waals surface area contributed by atoms with Crippen LogP contribution >= 0.6 is 0 Å². The van der Waals surface area contributed by atoms with Crippen molar-refractivity contribution in [1.29, 1.82) is 0 Å². The zero-order valence-corrected chi connectivity index (χ0v) is 6.19. The fourth-order valence-corrected chi connectivity index (χ4v) is 0.532. The molecule has 0 fully saturated rings. The average Bonchev–Trinajstić information content (AvgIpc) is 2.03. The number of rotatable bonds is 4. The first-order chi connectivity index (χ1) is 5.61. The van der Waals surface area contributed by atoms with Crippen LogP contribution in [0.1, 0.15) is 6.42 Å². The quantitative estimate of drug-likeness (QED) is 0.280. The van der Waals surface area contributed by atoms with E-state index in [1.807, 2.05) is 0 Å². The monoisotopic (exact) mass is 172 g/mol. The molecule has 5 heteroatoms. The lowest BCUT2D eigenvalue weighted by atomic mass is 10.2. The smallest absolute Gasteiger partial charge is 0.366 e. The highest BCUT2D eigenvalue weighted by Crippen LogP contribution is 2.02. The molecule has 0 bridgehead atoms. The summed E-state index contributed by atoms with van der Waals surface area (Å²) in [6.45, 7) is 3.30. The molecule has 0 atom stereocenters. The van der Waals surface area contributed by atoms with Crippen molar-refractivity contribution in [3.8, 4) is 0 Å². The number of carboxylic acids is 1. The zero-order chi connectivity index (χ0) is 9.56. The minimum Gasteiger partial charge on any atom is -0.478 e. The summed E-state index contributed by atoms with van der Waals surface area (Å²) in [5.41, 5.74) is -0.191. The van der Waals surface area contributed by atoms with Gasteiger partial charge in [0.05, 0.1) is 0 Å². The number of carboxylic acid groups (broad SMARTS) is 1. The lowest BCUT2D eigenvalue weighted by molar-refractivity contribution is -0.228. The Morgan fingerprint density at radius 2 is 2.08 bits per heavy atom. The lowest BCUT2D eigenvalue weighted by Crippen LogP contribution is -2.04. The zero-order valence-electron chi connectivity index (χ0n) is 6.19. The molecule has 0 spiro atoms. The molecule has 0 radical (unpaired) electrons. The Bertz CT molecular complexity index is 228. The number of hydrogen-bond donors (Lipinski definition) is 2. The van der Waals surface area contributed by atoms with Crippen LogP contribution in [0.2, 0.25) is 0 Å². The molecule has 66 valence electrons. The van der Waals surface area contributed by atoms with E-state index in [1.54, 1.807) is 0 Å². The summed E-state index contributed by atoms with van der Waals surface area (Å²) in [5.74, 6) is -2.37. The fraction of sp³-hybridized carbons (Fsp3) is 0.143. The van der Waals surface area contributed by atoms with Gasteiger partial charge in [-0.3, -0.25) is 4.89 Å². The van der Waals surface area contributed by atoms with E-state index in [9.17, 15) is 9.59 Å². The Labute approximate surface area is 68.5 Å². The normalized spacial score (nSPS) is 10.6. The van der Waals surface area contributed by atoms with Crippen LogP contribution in [-0.4, -0.2) is 22.3 Å². The molecule has 0 amide bonds. The van der Waals surface area contributed by atoms with Crippen LogP contribution in [0.5, 0.6) is 0 Å². The summed E-state index contributed by atoms with van der Waals surface area (Å²) in [6, 6.07) is 0. The highest BCUT2D eigenvalue weighted by atomic mass is 17.1. The Balaban J connectivity index is 4.48. The van der Waals surface area contributed by atoms with Crippen LogP contribution in [0.25, 0.3) is 0 Å². The Kier molecular flexibility index (Phi) is 4.40. The van der Waals surface area contributed by atoms with Gasteiger partial charge in [0, 0.05) is 11.6 Å². The summed E-state index contributed by atoms with van der Waals surface area (Å²) in [7, 11) is 0. The molecule has 5 nitrogen and oxygen atoms in total. The van der Waals surface area contributed by atoms with Gasteiger partial charge in [0.15, 0.2) is 0 Å². The first kappa shape index (κ1) is 10.4. The molecule has 0 saturated carbocycles. The van der Waals surface area contributed by atoms with Crippen molar-refractivity contribution < 1.29 is 24.8 Å². The minimum absolute atomic E-state index is 0.0322. The second-order valence-corrected chi connectivity index (χ2v) is 1.88. The minimum atomic E-state index is -1.25. The van der Waals surface area contributed by atoms with Crippen LogP contribution in [0.3, 0.4) is 0 Å². The summed E-state index contributed by atoms with van der Waals surface area (Å²) in [5, 5.41) is 16.3. The van der Waals surface area contributed by atoms with Gasteiger partial charge in [-0.2, -0.15) is 5.26 Å². The molecule has 0 aliphatic heterocycles. The third kappa shape index (κ3) is 3.52. The van der Waals surface area contributed by atoms with E-state index in [0.717, 1.165) is 0 Å². The molecule has 2 N–H and O–H groups in total. The molecular formula is C7H8O5. The number of carbonyl (C=O) groups is 2. The standard InChI is InChI=1S/C7H8O5/c1-2-3-5(7(9)10)4-6(8)12-11/h2,4,11H,1,3H2,(H,9,10)/b5-4-. The van der Waals surface area contributed by atoms with Crippen LogP contribution in [0, 0.1) is 0 Å². The highest BCUT2D eigenvalue weighted by Gasteiger charge is 2.08. The van der Waals surface area contributed by atoms with Gasteiger partial charge in [-0.25, -0.2) is 9.59 Å². The molecule has 0 saturated heterocycles. The number of carbonyl (C=O) groups excluding carboxylic acids is 1. The van der Waals surface area contributed by atoms with E-state index in [4.69, 9.17) is 10.4 Å². The predicted octanol–water partition coefficient (Wildman–Crippen LogP) is 0.590. The molecule has 12 heavy (non-hydrogen) atoms. The van der Waals surface area contributed by atoms with Crippen LogP contribution in [0.15, 0.2) is 24.3 Å². The molecular weight excluding hydrogens is 164 g/mol. The summed E-state index contributed by atoms with van der Waals surface area (Å²) < 4.78 is 0. The Morgan fingerprint density at radius 1 is 1.50 bits per heavy atom. The first-order valence-corrected chi connectivity index (χ1v) is 3.02. The van der Waals surface area contributed by atoms with Gasteiger partial charge in [0.1, 0.15) is 0 Å². The van der Waals surface area contributed by atoms with E-state index in [0.29, 0.717) is 6.08 Å². The van der Waals surface area contributed by atoms with Crippen LogP contribution < -0.4 is 0 Å². The topological polar surface area (TPSA) is 83.8 Å². The van der Waals surface area contributed by atoms with Gasteiger partial charge in [0.2, 0.25) is 0 Å². The van der Waals surface area contributed by atoms with Crippen molar-refractivity contribution in [3.05, 3.63) is 24.3 Å². The van der Waals surface area contributed by atoms with Gasteiger partial charge < -0.3 is 5.11 Å². The molecule has 0 aromatic rings. The number of allylic oxidation sites excluding steroid dienone is 1. The summed E-state index contributed by atoms with van der Waals surface area (Å²) in [6.07, 6.45) is 2.04. The predicted molar refractivity (Wildman–Crippen MR) is 39.3 cm³/mol. The van der Waals surface area contributed by atoms with Gasteiger partial charge >= 0.3 is 11.9 Å². The summed E-state index contributed by atoms with van der Waals surface area (Å²) in [4.78, 5) is 24.0. The second kappa shape index (κ2) is 5.09. The Hall–Kier alpha value is -1.62. The largest absolute Gasteiger partial charge is 0.478 e. The van der Waals surface area contributed by atoms with E-state index < -0.39 is 11.9 Å². The maximum Gasteiger partial charge on any atom is 0.366 e. The molecule has 0 heterocycles. The number of aliphatic carboxylic acids is 1. The maximum atomic E-state index is 10.4. The summed E-state index contributed by atoms with van der Waals surface area (Å²) >= 11 is 0. The van der Waals surface area contributed by atoms with Crippen molar-refractivity contribution in [2.24, 2.45) is 0 Å². The SMILES string of the molecule is C=CC/C(=C/C(=O)OO)C(=O)O. The van der Waals surface area contributed by atoms with Crippen molar-refractivity contribution in [3.63, 3.8) is 0 Å². The van der Waals surface area contributed by atoms with E-state index in [1.165, 1.54) is 6.08 Å². The van der Waals surface area contributed by atoms with Crippen molar-refractivity contribution >= 4 is 11.9 Å². The van der Waals surface area contributed by atoms with Gasteiger partial charge in [0.25, 0.3) is 0 Å². The highest BCUT2D eigenvalue weighted by molar-refractivity contribution is 5.95. The van der Waals surface area contributed by atoms with E-state index in [2.05, 4.69) is 11.5 Å². The molecule has 0 rings (SSSR count). The van der Waals surface area contributed by atoms with Crippen LogP contribution in [0.4, 0.5) is 0 Å². The van der Waals surface area contributed by atoms with E-state index in [-0.39, 0.29) is 12.0 Å². The van der Waals surface area contributed by atoms with Crippen LogP contribution in [-0.2, 0) is 14.5 Å². The van der Waals surface area contributed by atoms with E-state index >= 15 is 0 Å². The van der Waals surface area contributed by atoms with Crippen molar-refractivity contribution in [1.82, 2.24) is 0 Å². The molecule has 0 aromatic heterocycles.